The predicted molar refractivity (Wildman–Crippen MR) is 78.6 cm³/mol. The zero-order valence-electron chi connectivity index (χ0n) is 10.3. The first-order valence-corrected chi connectivity index (χ1v) is 7.11. The van der Waals surface area contributed by atoms with Crippen molar-refractivity contribution in [3.8, 4) is 0 Å². The second kappa shape index (κ2) is 5.49. The van der Waals surface area contributed by atoms with E-state index in [4.69, 9.17) is 23.2 Å². The van der Waals surface area contributed by atoms with E-state index >= 15 is 0 Å². The Morgan fingerprint density at radius 1 is 1.26 bits per heavy atom. The molecule has 0 aliphatic heterocycles. The summed E-state index contributed by atoms with van der Waals surface area (Å²) in [5, 5.41) is 4.28. The van der Waals surface area contributed by atoms with Gasteiger partial charge in [-0.05, 0) is 29.2 Å². The number of hydrogen-bond acceptors (Lipinski definition) is 2. The highest BCUT2D eigenvalue weighted by Gasteiger charge is 2.30. The number of halogens is 2. The van der Waals surface area contributed by atoms with E-state index in [1.165, 1.54) is 11.1 Å². The number of hydrogen-bond donors (Lipinski definition) is 1. The number of aromatic nitrogens is 1. The first-order chi connectivity index (χ1) is 9.25. The molecule has 2 nitrogen and oxygen atoms in total. The molecule has 19 heavy (non-hydrogen) atoms. The van der Waals surface area contributed by atoms with Gasteiger partial charge in [-0.1, -0.05) is 35.9 Å². The number of pyridine rings is 1. The average Bonchev–Trinajstić information content (AvgIpc) is 2.74. The summed E-state index contributed by atoms with van der Waals surface area (Å²) in [7, 11) is 0. The van der Waals surface area contributed by atoms with Crippen molar-refractivity contribution in [1.29, 1.82) is 0 Å². The monoisotopic (exact) mass is 292 g/mol. The fraction of sp³-hybridized carbons (Fsp3) is 0.267. The van der Waals surface area contributed by atoms with E-state index in [2.05, 4.69) is 34.6 Å². The molecule has 0 amide bonds. The van der Waals surface area contributed by atoms with E-state index in [1.807, 2.05) is 6.07 Å². The molecule has 1 aliphatic carbocycles. The van der Waals surface area contributed by atoms with E-state index in [1.54, 1.807) is 12.4 Å². The third-order valence-corrected chi connectivity index (χ3v) is 4.28. The van der Waals surface area contributed by atoms with Crippen LogP contribution in [0, 0.1) is 0 Å². The Morgan fingerprint density at radius 2 is 2.11 bits per heavy atom. The zero-order valence-corrected chi connectivity index (χ0v) is 11.8. The van der Waals surface area contributed by atoms with E-state index in [-0.39, 0.29) is 11.4 Å². The van der Waals surface area contributed by atoms with Crippen LogP contribution >= 0.6 is 23.2 Å². The minimum Gasteiger partial charge on any atom is -0.305 e. The minimum absolute atomic E-state index is 0.0954. The molecule has 4 heteroatoms. The molecule has 0 radical (unpaired) electrons. The smallest absolute Gasteiger partial charge is 0.0634 e. The molecular weight excluding hydrogens is 279 g/mol. The SMILES string of the molecule is Clc1cnccc1CNC1c2ccccc2CC1Cl. The van der Waals surface area contributed by atoms with Gasteiger partial charge < -0.3 is 5.32 Å². The van der Waals surface area contributed by atoms with Crippen LogP contribution in [0.3, 0.4) is 0 Å². The predicted octanol–water partition coefficient (Wildman–Crippen LogP) is 3.73. The van der Waals surface area contributed by atoms with Gasteiger partial charge in [-0.3, -0.25) is 4.98 Å². The molecule has 2 unspecified atom stereocenters. The van der Waals surface area contributed by atoms with Crippen LogP contribution in [0.1, 0.15) is 22.7 Å². The van der Waals surface area contributed by atoms with Gasteiger partial charge in [0.25, 0.3) is 0 Å². The molecule has 0 bridgehead atoms. The molecule has 2 aromatic rings. The van der Waals surface area contributed by atoms with Crippen molar-refractivity contribution < 1.29 is 0 Å². The van der Waals surface area contributed by atoms with Gasteiger partial charge in [-0.15, -0.1) is 11.6 Å². The maximum absolute atomic E-state index is 6.44. The van der Waals surface area contributed by atoms with Gasteiger partial charge in [-0.2, -0.15) is 0 Å². The Balaban J connectivity index is 1.76. The summed E-state index contributed by atoms with van der Waals surface area (Å²) in [4.78, 5) is 3.99. The Morgan fingerprint density at radius 3 is 2.95 bits per heavy atom. The Bertz CT molecular complexity index is 586. The highest BCUT2D eigenvalue weighted by molar-refractivity contribution is 6.31. The number of fused-ring (bicyclic) bond motifs is 1. The van der Waals surface area contributed by atoms with Crippen molar-refractivity contribution in [2.45, 2.75) is 24.4 Å². The maximum atomic E-state index is 6.44. The standard InChI is InChI=1S/C15H14Cl2N2/c16-13-7-10-3-1-2-4-12(10)15(13)19-8-11-5-6-18-9-14(11)17/h1-6,9,13,15,19H,7-8H2. The van der Waals surface area contributed by atoms with Crippen LogP contribution in [0.5, 0.6) is 0 Å². The van der Waals surface area contributed by atoms with Crippen LogP contribution in [0.2, 0.25) is 5.02 Å². The first-order valence-electron chi connectivity index (χ1n) is 6.29. The minimum atomic E-state index is 0.0954. The summed E-state index contributed by atoms with van der Waals surface area (Å²) in [6.45, 7) is 0.698. The van der Waals surface area contributed by atoms with Gasteiger partial charge in [0.1, 0.15) is 0 Å². The highest BCUT2D eigenvalue weighted by atomic mass is 35.5. The van der Waals surface area contributed by atoms with E-state index in [9.17, 15) is 0 Å². The molecule has 1 aromatic heterocycles. The molecule has 0 saturated carbocycles. The van der Waals surface area contributed by atoms with Crippen molar-refractivity contribution in [1.82, 2.24) is 10.3 Å². The fourth-order valence-electron chi connectivity index (χ4n) is 2.55. The summed E-state index contributed by atoms with van der Waals surface area (Å²) >= 11 is 12.6. The fourth-order valence-corrected chi connectivity index (χ4v) is 3.13. The van der Waals surface area contributed by atoms with E-state index in [0.29, 0.717) is 11.6 Å². The largest absolute Gasteiger partial charge is 0.305 e. The second-order valence-corrected chi connectivity index (χ2v) is 5.71. The van der Waals surface area contributed by atoms with Gasteiger partial charge in [0, 0.05) is 25.0 Å². The van der Waals surface area contributed by atoms with Crippen molar-refractivity contribution >= 4 is 23.2 Å². The third kappa shape index (κ3) is 2.62. The molecule has 0 fully saturated rings. The van der Waals surface area contributed by atoms with Gasteiger partial charge in [0.15, 0.2) is 0 Å². The summed E-state index contributed by atoms with van der Waals surface area (Å²) in [5.41, 5.74) is 3.68. The maximum Gasteiger partial charge on any atom is 0.0634 e. The Kier molecular flexibility index (Phi) is 3.74. The molecule has 2 atom stereocenters. The second-order valence-electron chi connectivity index (χ2n) is 4.74. The molecule has 1 N–H and O–H groups in total. The highest BCUT2D eigenvalue weighted by Crippen LogP contribution is 2.35. The molecule has 0 saturated heterocycles. The average molecular weight is 293 g/mol. The van der Waals surface area contributed by atoms with Crippen molar-refractivity contribution in [2.24, 2.45) is 0 Å². The van der Waals surface area contributed by atoms with Gasteiger partial charge in [-0.25, -0.2) is 0 Å². The number of alkyl halides is 1. The molecular formula is C15H14Cl2N2. The Labute approximate surface area is 122 Å². The summed E-state index contributed by atoms with van der Waals surface area (Å²) in [5.74, 6) is 0. The van der Waals surface area contributed by atoms with Crippen molar-refractivity contribution in [2.75, 3.05) is 0 Å². The van der Waals surface area contributed by atoms with Crippen LogP contribution in [0.25, 0.3) is 0 Å². The van der Waals surface area contributed by atoms with Crippen LogP contribution in [0.15, 0.2) is 42.7 Å². The lowest BCUT2D eigenvalue weighted by Gasteiger charge is -2.17. The normalized spacial score (nSPS) is 21.4. The van der Waals surface area contributed by atoms with Gasteiger partial charge in [0.05, 0.1) is 10.4 Å². The lowest BCUT2D eigenvalue weighted by molar-refractivity contribution is 0.536. The van der Waals surface area contributed by atoms with E-state index in [0.717, 1.165) is 12.0 Å². The lowest BCUT2D eigenvalue weighted by atomic mass is 10.1. The third-order valence-electron chi connectivity index (χ3n) is 3.54. The number of rotatable bonds is 3. The first kappa shape index (κ1) is 12.9. The molecule has 1 aromatic carbocycles. The zero-order chi connectivity index (χ0) is 13.2. The lowest BCUT2D eigenvalue weighted by Crippen LogP contribution is -2.25. The molecule has 98 valence electrons. The van der Waals surface area contributed by atoms with E-state index < -0.39 is 0 Å². The van der Waals surface area contributed by atoms with Crippen LogP contribution in [-0.4, -0.2) is 10.4 Å². The topological polar surface area (TPSA) is 24.9 Å². The number of benzene rings is 1. The molecule has 3 rings (SSSR count). The summed E-state index contributed by atoms with van der Waals surface area (Å²) < 4.78 is 0. The quantitative estimate of drug-likeness (QED) is 0.872. The van der Waals surface area contributed by atoms with Gasteiger partial charge in [0.2, 0.25) is 0 Å². The number of nitrogens with zero attached hydrogens (tertiary/aromatic N) is 1. The summed E-state index contributed by atoms with van der Waals surface area (Å²) in [6, 6.07) is 10.5. The van der Waals surface area contributed by atoms with Crippen LogP contribution in [0.4, 0.5) is 0 Å². The number of nitrogens with one attached hydrogen (secondary N) is 1. The Hall–Kier alpha value is -1.09. The van der Waals surface area contributed by atoms with Crippen molar-refractivity contribution in [3.63, 3.8) is 0 Å². The van der Waals surface area contributed by atoms with Crippen molar-refractivity contribution in [3.05, 3.63) is 64.4 Å². The molecule has 1 heterocycles. The van der Waals surface area contributed by atoms with Crippen LogP contribution < -0.4 is 5.32 Å². The van der Waals surface area contributed by atoms with Gasteiger partial charge >= 0.3 is 0 Å². The van der Waals surface area contributed by atoms with Crippen LogP contribution in [-0.2, 0) is 13.0 Å². The molecule has 1 aliphatic rings. The molecule has 0 spiro atoms. The summed E-state index contributed by atoms with van der Waals surface area (Å²) in [6.07, 6.45) is 4.34.